The largest absolute Gasteiger partial charge is 0.376 e. The van der Waals surface area contributed by atoms with Crippen molar-refractivity contribution in [2.24, 2.45) is 5.92 Å². The van der Waals surface area contributed by atoms with E-state index in [9.17, 15) is 0 Å². The molecule has 1 saturated heterocycles. The quantitative estimate of drug-likeness (QED) is 0.706. The fraction of sp³-hybridized carbons (Fsp3) is 0.900. The second kappa shape index (κ2) is 3.65. The van der Waals surface area contributed by atoms with Gasteiger partial charge in [-0.1, -0.05) is 0 Å². The molecule has 1 aliphatic heterocycles. The van der Waals surface area contributed by atoms with Gasteiger partial charge in [0.2, 0.25) is 0 Å². The summed E-state index contributed by atoms with van der Waals surface area (Å²) in [6.45, 7) is 2.68. The first kappa shape index (κ1) is 8.98. The van der Waals surface area contributed by atoms with Gasteiger partial charge in [-0.15, -0.1) is 0 Å². The molecule has 1 heterocycles. The van der Waals surface area contributed by atoms with E-state index in [0.29, 0.717) is 12.1 Å². The Bertz CT molecular complexity index is 219. The third kappa shape index (κ3) is 2.20. The van der Waals surface area contributed by atoms with Crippen LogP contribution in [0.1, 0.15) is 26.2 Å². The van der Waals surface area contributed by atoms with Crippen molar-refractivity contribution < 1.29 is 4.74 Å². The molecule has 2 aliphatic rings. The molecule has 72 valence electrons. The lowest BCUT2D eigenvalue weighted by molar-refractivity contribution is 0.0919. The SMILES string of the molecule is CC(C#N)NC1COC(C2CC2)C1. The molecule has 0 bridgehead atoms. The van der Waals surface area contributed by atoms with Crippen LogP contribution in [0, 0.1) is 17.2 Å². The maximum absolute atomic E-state index is 8.63. The minimum Gasteiger partial charge on any atom is -0.376 e. The average molecular weight is 180 g/mol. The third-order valence-electron chi connectivity index (χ3n) is 2.86. The molecule has 3 heteroatoms. The Morgan fingerprint density at radius 3 is 2.92 bits per heavy atom. The van der Waals surface area contributed by atoms with Crippen LogP contribution in [0.2, 0.25) is 0 Å². The van der Waals surface area contributed by atoms with E-state index >= 15 is 0 Å². The number of hydrogen-bond donors (Lipinski definition) is 1. The van der Waals surface area contributed by atoms with Gasteiger partial charge in [-0.3, -0.25) is 5.32 Å². The van der Waals surface area contributed by atoms with E-state index in [2.05, 4.69) is 11.4 Å². The lowest BCUT2D eigenvalue weighted by atomic mass is 10.1. The van der Waals surface area contributed by atoms with E-state index < -0.39 is 0 Å². The first-order valence-electron chi connectivity index (χ1n) is 5.07. The van der Waals surface area contributed by atoms with Crippen LogP contribution >= 0.6 is 0 Å². The van der Waals surface area contributed by atoms with Gasteiger partial charge in [-0.25, -0.2) is 0 Å². The Balaban J connectivity index is 1.74. The Kier molecular flexibility index (Phi) is 2.52. The first-order chi connectivity index (χ1) is 6.29. The van der Waals surface area contributed by atoms with Crippen LogP contribution in [0.15, 0.2) is 0 Å². The minimum absolute atomic E-state index is 0.0495. The van der Waals surface area contributed by atoms with E-state index in [0.717, 1.165) is 18.9 Å². The van der Waals surface area contributed by atoms with Gasteiger partial charge in [-0.2, -0.15) is 5.26 Å². The predicted molar refractivity (Wildman–Crippen MR) is 49.1 cm³/mol. The van der Waals surface area contributed by atoms with E-state index in [-0.39, 0.29) is 6.04 Å². The van der Waals surface area contributed by atoms with Crippen molar-refractivity contribution in [2.45, 2.75) is 44.4 Å². The molecule has 1 N–H and O–H groups in total. The van der Waals surface area contributed by atoms with Crippen LogP contribution in [0.5, 0.6) is 0 Å². The maximum atomic E-state index is 8.63. The highest BCUT2D eigenvalue weighted by molar-refractivity contribution is 4.94. The van der Waals surface area contributed by atoms with Gasteiger partial charge in [0.05, 0.1) is 24.8 Å². The van der Waals surface area contributed by atoms with Crippen LogP contribution in [0.3, 0.4) is 0 Å². The molecule has 2 rings (SSSR count). The highest BCUT2D eigenvalue weighted by atomic mass is 16.5. The molecule has 0 radical (unpaired) electrons. The highest BCUT2D eigenvalue weighted by Crippen LogP contribution is 2.38. The smallest absolute Gasteiger partial charge is 0.0927 e. The second-order valence-corrected chi connectivity index (χ2v) is 4.16. The molecule has 0 aromatic rings. The maximum Gasteiger partial charge on any atom is 0.0927 e. The van der Waals surface area contributed by atoms with Crippen LogP contribution in [0.25, 0.3) is 0 Å². The molecule has 0 amide bonds. The minimum atomic E-state index is -0.0495. The van der Waals surface area contributed by atoms with Gasteiger partial charge in [-0.05, 0) is 32.1 Å². The van der Waals surface area contributed by atoms with Crippen molar-refractivity contribution in [3.63, 3.8) is 0 Å². The van der Waals surface area contributed by atoms with Gasteiger partial charge < -0.3 is 4.74 Å². The molecule has 1 saturated carbocycles. The average Bonchev–Trinajstić information content (AvgIpc) is 2.88. The first-order valence-corrected chi connectivity index (χ1v) is 5.07. The monoisotopic (exact) mass is 180 g/mol. The lowest BCUT2D eigenvalue weighted by Gasteiger charge is -2.11. The zero-order valence-electron chi connectivity index (χ0n) is 7.99. The van der Waals surface area contributed by atoms with E-state index in [1.165, 1.54) is 12.8 Å². The molecule has 0 spiro atoms. The molecular formula is C10H16N2O. The van der Waals surface area contributed by atoms with Crippen molar-refractivity contribution in [3.05, 3.63) is 0 Å². The fourth-order valence-electron chi connectivity index (χ4n) is 1.96. The molecular weight excluding hydrogens is 164 g/mol. The predicted octanol–water partition coefficient (Wildman–Crippen LogP) is 1.06. The van der Waals surface area contributed by atoms with E-state index in [1.54, 1.807) is 0 Å². The Hall–Kier alpha value is -0.590. The summed E-state index contributed by atoms with van der Waals surface area (Å²) in [6.07, 6.45) is 4.25. The molecule has 13 heavy (non-hydrogen) atoms. The van der Waals surface area contributed by atoms with Crippen molar-refractivity contribution in [2.75, 3.05) is 6.61 Å². The van der Waals surface area contributed by atoms with Crippen molar-refractivity contribution in [1.82, 2.24) is 5.32 Å². The molecule has 2 fully saturated rings. The van der Waals surface area contributed by atoms with Crippen molar-refractivity contribution in [3.8, 4) is 6.07 Å². The van der Waals surface area contributed by atoms with Gasteiger partial charge in [0.1, 0.15) is 0 Å². The van der Waals surface area contributed by atoms with Crippen LogP contribution in [-0.4, -0.2) is 24.8 Å². The lowest BCUT2D eigenvalue weighted by Crippen LogP contribution is -2.36. The molecule has 1 aliphatic carbocycles. The van der Waals surface area contributed by atoms with Crippen LogP contribution in [-0.2, 0) is 4.74 Å². The van der Waals surface area contributed by atoms with Gasteiger partial charge in [0.15, 0.2) is 0 Å². The summed E-state index contributed by atoms with van der Waals surface area (Å²) in [4.78, 5) is 0. The van der Waals surface area contributed by atoms with E-state index in [4.69, 9.17) is 10.00 Å². The molecule has 3 atom stereocenters. The summed E-state index contributed by atoms with van der Waals surface area (Å²) in [7, 11) is 0. The number of rotatable bonds is 3. The van der Waals surface area contributed by atoms with E-state index in [1.807, 2.05) is 6.92 Å². The summed E-state index contributed by atoms with van der Waals surface area (Å²) in [5.74, 6) is 0.823. The number of nitrogens with one attached hydrogen (secondary N) is 1. The topological polar surface area (TPSA) is 45.0 Å². The van der Waals surface area contributed by atoms with Crippen LogP contribution < -0.4 is 5.32 Å². The highest BCUT2D eigenvalue weighted by Gasteiger charge is 2.37. The van der Waals surface area contributed by atoms with Crippen molar-refractivity contribution >= 4 is 0 Å². The summed E-state index contributed by atoms with van der Waals surface area (Å²) in [5.41, 5.74) is 0. The zero-order chi connectivity index (χ0) is 9.26. The number of hydrogen-bond acceptors (Lipinski definition) is 3. The van der Waals surface area contributed by atoms with Gasteiger partial charge in [0, 0.05) is 6.04 Å². The number of nitrogens with zero attached hydrogens (tertiary/aromatic N) is 1. The molecule has 3 nitrogen and oxygen atoms in total. The summed E-state index contributed by atoms with van der Waals surface area (Å²) in [6, 6.07) is 2.54. The number of nitriles is 1. The zero-order valence-corrected chi connectivity index (χ0v) is 7.99. The van der Waals surface area contributed by atoms with Gasteiger partial charge in [0.25, 0.3) is 0 Å². The second-order valence-electron chi connectivity index (χ2n) is 4.16. The van der Waals surface area contributed by atoms with Crippen molar-refractivity contribution in [1.29, 1.82) is 5.26 Å². The molecule has 0 aromatic carbocycles. The Morgan fingerprint density at radius 2 is 2.31 bits per heavy atom. The normalized spacial score (nSPS) is 35.7. The van der Waals surface area contributed by atoms with Crippen LogP contribution in [0.4, 0.5) is 0 Å². The Morgan fingerprint density at radius 1 is 1.54 bits per heavy atom. The third-order valence-corrected chi connectivity index (χ3v) is 2.86. The summed E-state index contributed by atoms with van der Waals surface area (Å²) < 4.78 is 5.66. The number of ether oxygens (including phenoxy) is 1. The molecule has 3 unspecified atom stereocenters. The molecule has 0 aromatic heterocycles. The fourth-order valence-corrected chi connectivity index (χ4v) is 1.96. The summed E-state index contributed by atoms with van der Waals surface area (Å²) in [5, 5.41) is 11.9. The standard InChI is InChI=1S/C10H16N2O/c1-7(5-11)12-9-4-10(13-6-9)8-2-3-8/h7-10,12H,2-4,6H2,1H3. The summed E-state index contributed by atoms with van der Waals surface area (Å²) >= 11 is 0. The van der Waals surface area contributed by atoms with Gasteiger partial charge >= 0.3 is 0 Å². The Labute approximate surface area is 79.1 Å².